The first-order chi connectivity index (χ1) is 10.3. The van der Waals surface area contributed by atoms with Gasteiger partial charge in [-0.2, -0.15) is 18.3 Å². The molecule has 3 rings (SSSR count). The normalized spacial score (nSPS) is 12.1. The van der Waals surface area contributed by atoms with E-state index >= 15 is 0 Å². The van der Waals surface area contributed by atoms with Gasteiger partial charge in [-0.05, 0) is 36.8 Å². The lowest BCUT2D eigenvalue weighted by molar-refractivity contribution is -0.137. The highest BCUT2D eigenvalue weighted by atomic mass is 35.5. The number of rotatable bonds is 1. The molecule has 1 aromatic carbocycles. The molecule has 0 N–H and O–H groups in total. The van der Waals surface area contributed by atoms with Crippen LogP contribution in [0, 0.1) is 6.92 Å². The fourth-order valence-electron chi connectivity index (χ4n) is 2.46. The summed E-state index contributed by atoms with van der Waals surface area (Å²) < 4.78 is 41.1. The number of aryl methyl sites for hydroxylation is 2. The summed E-state index contributed by atoms with van der Waals surface area (Å²) in [6, 6.07) is 5.18. The SMILES string of the molecule is Cc1nn(C)c2ncc(-c3cc(Cl)ccc3C(F)(F)F)cc12. The third-order valence-electron chi connectivity index (χ3n) is 3.46. The number of alkyl halides is 3. The number of fused-ring (bicyclic) bond motifs is 1. The van der Waals surface area contributed by atoms with E-state index in [0.29, 0.717) is 22.3 Å². The Bertz CT molecular complexity index is 868. The van der Waals surface area contributed by atoms with Gasteiger partial charge in [-0.3, -0.25) is 4.68 Å². The molecule has 0 atom stereocenters. The van der Waals surface area contributed by atoms with Crippen LogP contribution in [0.25, 0.3) is 22.2 Å². The summed E-state index contributed by atoms with van der Waals surface area (Å²) in [4.78, 5) is 4.22. The molecule has 0 spiro atoms. The lowest BCUT2D eigenvalue weighted by Crippen LogP contribution is -2.07. The molecule has 0 saturated heterocycles. The molecule has 3 nitrogen and oxygen atoms in total. The molecule has 2 heterocycles. The minimum absolute atomic E-state index is 0.0117. The summed E-state index contributed by atoms with van der Waals surface area (Å²) in [5, 5.41) is 5.18. The van der Waals surface area contributed by atoms with Crippen LogP contribution in [-0.2, 0) is 13.2 Å². The quantitative estimate of drug-likeness (QED) is 0.654. The van der Waals surface area contributed by atoms with Crippen LogP contribution >= 0.6 is 11.6 Å². The molecule has 0 fully saturated rings. The largest absolute Gasteiger partial charge is 0.417 e. The molecule has 0 bridgehead atoms. The van der Waals surface area contributed by atoms with E-state index < -0.39 is 11.7 Å². The second-order valence-electron chi connectivity index (χ2n) is 4.99. The van der Waals surface area contributed by atoms with Gasteiger partial charge in [0.2, 0.25) is 0 Å². The van der Waals surface area contributed by atoms with Crippen LogP contribution in [0.5, 0.6) is 0 Å². The number of aromatic nitrogens is 3. The monoisotopic (exact) mass is 325 g/mol. The number of benzene rings is 1. The summed E-state index contributed by atoms with van der Waals surface area (Å²) in [7, 11) is 1.74. The standard InChI is InChI=1S/C15H11ClF3N3/c1-8-11-5-9(7-20-14(11)22(2)21-8)12-6-10(16)3-4-13(12)15(17,18)19/h3-7H,1-2H3. The number of hydrogen-bond acceptors (Lipinski definition) is 2. The lowest BCUT2D eigenvalue weighted by atomic mass is 10.00. The minimum atomic E-state index is -4.46. The predicted octanol–water partition coefficient (Wildman–Crippen LogP) is 4.62. The van der Waals surface area contributed by atoms with Gasteiger partial charge in [-0.25, -0.2) is 4.98 Å². The Labute approximate surface area is 129 Å². The molecule has 0 aliphatic rings. The van der Waals surface area contributed by atoms with E-state index in [9.17, 15) is 13.2 Å². The highest BCUT2D eigenvalue weighted by Gasteiger charge is 2.33. The average molecular weight is 326 g/mol. The molecule has 7 heteroatoms. The fraction of sp³-hybridized carbons (Fsp3) is 0.200. The van der Waals surface area contributed by atoms with Crippen molar-refractivity contribution in [3.63, 3.8) is 0 Å². The van der Waals surface area contributed by atoms with Crippen molar-refractivity contribution in [1.82, 2.24) is 14.8 Å². The van der Waals surface area contributed by atoms with Gasteiger partial charge in [0, 0.05) is 29.2 Å². The van der Waals surface area contributed by atoms with Crippen LogP contribution in [0.1, 0.15) is 11.3 Å². The van der Waals surface area contributed by atoms with Gasteiger partial charge in [-0.1, -0.05) is 11.6 Å². The first-order valence-corrected chi connectivity index (χ1v) is 6.81. The van der Waals surface area contributed by atoms with Crippen LogP contribution in [0.2, 0.25) is 5.02 Å². The molecule has 3 aromatic rings. The van der Waals surface area contributed by atoms with Crippen LogP contribution < -0.4 is 0 Å². The fourth-order valence-corrected chi connectivity index (χ4v) is 2.63. The summed E-state index contributed by atoms with van der Waals surface area (Å²) in [5.74, 6) is 0. The van der Waals surface area contributed by atoms with Crippen LogP contribution in [-0.4, -0.2) is 14.8 Å². The zero-order valence-corrected chi connectivity index (χ0v) is 12.5. The Morgan fingerprint density at radius 2 is 1.91 bits per heavy atom. The number of hydrogen-bond donors (Lipinski definition) is 0. The van der Waals surface area contributed by atoms with E-state index in [2.05, 4.69) is 10.1 Å². The van der Waals surface area contributed by atoms with E-state index in [-0.39, 0.29) is 10.6 Å². The van der Waals surface area contributed by atoms with E-state index in [1.807, 2.05) is 0 Å². The summed E-state index contributed by atoms with van der Waals surface area (Å²) in [5.41, 5.74) is 0.968. The summed E-state index contributed by atoms with van der Waals surface area (Å²) in [6.07, 6.45) is -3.05. The Kier molecular flexibility index (Phi) is 3.36. The first-order valence-electron chi connectivity index (χ1n) is 6.44. The molecule has 22 heavy (non-hydrogen) atoms. The number of nitrogens with zero attached hydrogens (tertiary/aromatic N) is 3. The van der Waals surface area contributed by atoms with E-state index in [0.717, 1.165) is 6.07 Å². The maximum atomic E-state index is 13.2. The first kappa shape index (κ1) is 14.8. The molecule has 0 radical (unpaired) electrons. The van der Waals surface area contributed by atoms with Crippen LogP contribution in [0.4, 0.5) is 13.2 Å². The Balaban J connectivity index is 2.27. The number of halogens is 4. The second-order valence-corrected chi connectivity index (χ2v) is 5.43. The highest BCUT2D eigenvalue weighted by molar-refractivity contribution is 6.30. The Morgan fingerprint density at radius 3 is 2.59 bits per heavy atom. The second kappa shape index (κ2) is 4.98. The van der Waals surface area contributed by atoms with Crippen molar-refractivity contribution in [3.05, 3.63) is 46.7 Å². The third kappa shape index (κ3) is 2.43. The molecule has 0 unspecified atom stereocenters. The maximum Gasteiger partial charge on any atom is 0.417 e. The lowest BCUT2D eigenvalue weighted by Gasteiger charge is -2.13. The molecule has 0 aliphatic carbocycles. The molecule has 2 aromatic heterocycles. The zero-order valence-electron chi connectivity index (χ0n) is 11.7. The predicted molar refractivity (Wildman–Crippen MR) is 78.7 cm³/mol. The Morgan fingerprint density at radius 1 is 1.18 bits per heavy atom. The molecular weight excluding hydrogens is 315 g/mol. The summed E-state index contributed by atoms with van der Waals surface area (Å²) in [6.45, 7) is 1.79. The van der Waals surface area contributed by atoms with Gasteiger partial charge in [-0.15, -0.1) is 0 Å². The Hall–Kier alpha value is -2.08. The van der Waals surface area contributed by atoms with Crippen LogP contribution in [0.3, 0.4) is 0 Å². The van der Waals surface area contributed by atoms with Gasteiger partial charge in [0.05, 0.1) is 11.3 Å². The zero-order chi connectivity index (χ0) is 16.1. The smallest absolute Gasteiger partial charge is 0.250 e. The van der Waals surface area contributed by atoms with Crippen molar-refractivity contribution in [2.24, 2.45) is 7.05 Å². The van der Waals surface area contributed by atoms with Crippen LogP contribution in [0.15, 0.2) is 30.5 Å². The number of pyridine rings is 1. The van der Waals surface area contributed by atoms with Gasteiger partial charge < -0.3 is 0 Å². The van der Waals surface area contributed by atoms with Crippen molar-refractivity contribution in [2.45, 2.75) is 13.1 Å². The highest BCUT2D eigenvalue weighted by Crippen LogP contribution is 2.38. The maximum absolute atomic E-state index is 13.2. The van der Waals surface area contributed by atoms with E-state index in [4.69, 9.17) is 11.6 Å². The van der Waals surface area contributed by atoms with Gasteiger partial charge in [0.1, 0.15) is 0 Å². The molecular formula is C15H11ClF3N3. The molecule has 0 saturated carbocycles. The average Bonchev–Trinajstić information content (AvgIpc) is 2.72. The summed E-state index contributed by atoms with van der Waals surface area (Å²) >= 11 is 5.87. The minimum Gasteiger partial charge on any atom is -0.250 e. The molecule has 114 valence electrons. The van der Waals surface area contributed by atoms with Crippen molar-refractivity contribution in [2.75, 3.05) is 0 Å². The van der Waals surface area contributed by atoms with Gasteiger partial charge >= 0.3 is 6.18 Å². The van der Waals surface area contributed by atoms with E-state index in [1.165, 1.54) is 18.3 Å². The van der Waals surface area contributed by atoms with Gasteiger partial charge in [0.15, 0.2) is 5.65 Å². The topological polar surface area (TPSA) is 30.7 Å². The van der Waals surface area contributed by atoms with Crippen molar-refractivity contribution in [3.8, 4) is 11.1 Å². The molecule has 0 aliphatic heterocycles. The van der Waals surface area contributed by atoms with Crippen molar-refractivity contribution < 1.29 is 13.2 Å². The van der Waals surface area contributed by atoms with Crippen molar-refractivity contribution >= 4 is 22.6 Å². The third-order valence-corrected chi connectivity index (χ3v) is 3.70. The van der Waals surface area contributed by atoms with Gasteiger partial charge in [0.25, 0.3) is 0 Å². The molecule has 0 amide bonds. The van der Waals surface area contributed by atoms with E-state index in [1.54, 1.807) is 24.7 Å². The van der Waals surface area contributed by atoms with Crippen molar-refractivity contribution in [1.29, 1.82) is 0 Å².